The van der Waals surface area contributed by atoms with Crippen LogP contribution >= 0.6 is 0 Å². The van der Waals surface area contributed by atoms with Crippen LogP contribution in [0.5, 0.6) is 6.01 Å². The van der Waals surface area contributed by atoms with Gasteiger partial charge < -0.3 is 24.1 Å². The van der Waals surface area contributed by atoms with Crippen molar-refractivity contribution in [3.05, 3.63) is 42.3 Å². The van der Waals surface area contributed by atoms with Gasteiger partial charge in [-0.2, -0.15) is 17.7 Å². The Balaban J connectivity index is 1.36. The van der Waals surface area contributed by atoms with Gasteiger partial charge in [-0.25, -0.2) is 14.5 Å². The van der Waals surface area contributed by atoms with E-state index in [0.717, 1.165) is 28.4 Å². The Morgan fingerprint density at radius 1 is 1.07 bits per heavy atom. The van der Waals surface area contributed by atoms with Gasteiger partial charge in [0.15, 0.2) is 5.78 Å². The zero-order chi connectivity index (χ0) is 43.0. The van der Waals surface area contributed by atoms with Crippen molar-refractivity contribution in [3.63, 3.8) is 0 Å². The molecule has 1 saturated carbocycles. The Labute approximate surface area is 346 Å². The first kappa shape index (κ1) is 43.8. The maximum absolute atomic E-state index is 14.7. The Kier molecular flexibility index (Phi) is 12.7. The largest absolute Gasteiger partial charge is 0.459 e. The number of nitrogens with one attached hydrogen (secondary N) is 2. The van der Waals surface area contributed by atoms with Crippen LogP contribution in [0, 0.1) is 11.3 Å². The highest BCUT2D eigenvalue weighted by Gasteiger charge is 2.61. The Bertz CT molecular complexity index is 2200. The van der Waals surface area contributed by atoms with Crippen LogP contribution in [-0.4, -0.2) is 100 Å². The molecule has 2 aromatic heterocycles. The summed E-state index contributed by atoms with van der Waals surface area (Å²) in [5.74, 6) is -1.42. The van der Waals surface area contributed by atoms with E-state index in [1.54, 1.807) is 27.0 Å². The van der Waals surface area contributed by atoms with Crippen molar-refractivity contribution in [2.24, 2.45) is 11.3 Å². The number of Topliss-reactive ketones (excluding diaryl/α,β-unsaturated/α-hetero) is 1. The fourth-order valence-corrected chi connectivity index (χ4v) is 8.55. The molecule has 3 aromatic rings. The lowest BCUT2D eigenvalue weighted by molar-refractivity contribution is -0.140. The van der Waals surface area contributed by atoms with Gasteiger partial charge >= 0.3 is 16.3 Å². The number of imidazole rings is 1. The molecule has 0 radical (unpaired) electrons. The number of amides is 3. The van der Waals surface area contributed by atoms with Gasteiger partial charge in [-0.15, -0.1) is 0 Å². The van der Waals surface area contributed by atoms with E-state index in [1.807, 2.05) is 62.6 Å². The Hall–Kier alpha value is -4.77. The van der Waals surface area contributed by atoms with Crippen molar-refractivity contribution in [2.45, 2.75) is 136 Å². The third-order valence-corrected chi connectivity index (χ3v) is 12.6. The molecular formula is C42H59N7O9S. The number of hydrogen-bond donors (Lipinski definition) is 2. The van der Waals surface area contributed by atoms with Crippen LogP contribution in [0.1, 0.15) is 117 Å². The average Bonchev–Trinajstić information content (AvgIpc) is 3.50. The molecule has 0 bridgehead atoms. The number of aromatic nitrogens is 3. The van der Waals surface area contributed by atoms with E-state index in [0.29, 0.717) is 36.2 Å². The first-order valence-electron chi connectivity index (χ1n) is 20.6. The minimum Gasteiger partial charge on any atom is -0.459 e. The fraction of sp³-hybridized carbons (Fsp3) is 0.619. The van der Waals surface area contributed by atoms with Gasteiger partial charge in [0.2, 0.25) is 17.7 Å². The molecule has 3 aliphatic rings. The van der Waals surface area contributed by atoms with Crippen LogP contribution in [0.25, 0.3) is 22.5 Å². The molecular weight excluding hydrogens is 779 g/mol. The molecule has 2 fully saturated rings. The van der Waals surface area contributed by atoms with Gasteiger partial charge in [0.1, 0.15) is 29.5 Å². The number of rotatable bonds is 9. The SMILES string of the molecule is CC(C)c1coc(-c2cccc3c2nc(O[C@@H]2C[C@H]4C(=O)C[C@]5(C(=O)NS(=O)(=O)N(C)C)C[C@H]5/C=C\CCCCC[C@H](NC(=O)OC(C)(C)C)C(=O)N4C2)n3C(C)C)n1. The molecule has 59 heavy (non-hydrogen) atoms. The lowest BCUT2D eigenvalue weighted by Gasteiger charge is -2.30. The summed E-state index contributed by atoms with van der Waals surface area (Å²) in [6.07, 6.45) is 7.27. The first-order chi connectivity index (χ1) is 27.7. The average molecular weight is 838 g/mol. The van der Waals surface area contributed by atoms with Crippen molar-refractivity contribution in [1.82, 2.24) is 33.8 Å². The van der Waals surface area contributed by atoms with Crippen molar-refractivity contribution >= 4 is 44.9 Å². The molecule has 17 heteroatoms. The smallest absolute Gasteiger partial charge is 0.408 e. The van der Waals surface area contributed by atoms with E-state index in [-0.39, 0.29) is 49.7 Å². The maximum Gasteiger partial charge on any atom is 0.408 e. The van der Waals surface area contributed by atoms with Crippen molar-refractivity contribution in [1.29, 1.82) is 0 Å². The number of allylic oxidation sites excluding steroid dienone is 2. The predicted octanol–water partition coefficient (Wildman–Crippen LogP) is 6.05. The Morgan fingerprint density at radius 2 is 1.81 bits per heavy atom. The summed E-state index contributed by atoms with van der Waals surface area (Å²) in [4.78, 5) is 67.4. The van der Waals surface area contributed by atoms with Gasteiger partial charge in [0.25, 0.3) is 6.01 Å². The molecule has 322 valence electrons. The number of ether oxygens (including phenoxy) is 2. The first-order valence-corrected chi connectivity index (χ1v) is 22.0. The predicted molar refractivity (Wildman–Crippen MR) is 221 cm³/mol. The second-order valence-corrected chi connectivity index (χ2v) is 19.7. The van der Waals surface area contributed by atoms with Crippen LogP contribution in [-0.2, 0) is 29.3 Å². The van der Waals surface area contributed by atoms with Crippen LogP contribution < -0.4 is 14.8 Å². The van der Waals surface area contributed by atoms with Crippen molar-refractivity contribution in [2.75, 3.05) is 20.6 Å². The summed E-state index contributed by atoms with van der Waals surface area (Å²) < 4.78 is 48.7. The van der Waals surface area contributed by atoms with E-state index >= 15 is 0 Å². The Morgan fingerprint density at radius 3 is 2.47 bits per heavy atom. The fourth-order valence-electron chi connectivity index (χ4n) is 7.93. The number of carbonyl (C=O) groups is 4. The van der Waals surface area contributed by atoms with E-state index in [1.165, 1.54) is 19.0 Å². The van der Waals surface area contributed by atoms with E-state index < -0.39 is 63.1 Å². The highest BCUT2D eigenvalue weighted by atomic mass is 32.2. The number of ketones is 1. The summed E-state index contributed by atoms with van der Waals surface area (Å²) in [6.45, 7) is 13.3. The molecule has 0 spiro atoms. The quantitative estimate of drug-likeness (QED) is 0.238. The molecule has 2 aliphatic heterocycles. The van der Waals surface area contributed by atoms with Crippen LogP contribution in [0.15, 0.2) is 41.0 Å². The summed E-state index contributed by atoms with van der Waals surface area (Å²) >= 11 is 0. The minimum absolute atomic E-state index is 0.00901. The number of oxazole rings is 1. The zero-order valence-electron chi connectivity index (χ0n) is 35.6. The number of carbonyl (C=O) groups excluding carboxylic acids is 4. The number of hydrogen-bond acceptors (Lipinski definition) is 11. The van der Waals surface area contributed by atoms with E-state index in [4.69, 9.17) is 23.9 Å². The second-order valence-electron chi connectivity index (χ2n) is 17.8. The standard InChI is InChI=1S/C42H59N7O9S/c1-25(2)31-24-56-36(43-31)29-17-15-19-32-35(29)45-39(49(32)26(3)4)57-28-20-33-34(50)22-42(38(52)46-59(54,55)47(8)9)21-27(42)16-13-11-10-12-14-18-30(37(51)48(33)23-28)44-40(53)58-41(5,6)7/h13,15-17,19,24-28,30,33H,10-12,14,18,20-23H2,1-9H3,(H,44,53)(H,46,52)/b16-13-/t27-,28-,30+,33+,42-/m1/s1. The third-order valence-electron chi connectivity index (χ3n) is 11.2. The molecule has 0 unspecified atom stereocenters. The molecule has 5 atom stereocenters. The second kappa shape index (κ2) is 17.1. The monoisotopic (exact) mass is 837 g/mol. The van der Waals surface area contributed by atoms with Crippen LogP contribution in [0.3, 0.4) is 0 Å². The number of fused-ring (bicyclic) bond motifs is 3. The minimum atomic E-state index is -4.15. The maximum atomic E-state index is 14.7. The molecule has 16 nitrogen and oxygen atoms in total. The molecule has 4 heterocycles. The summed E-state index contributed by atoms with van der Waals surface area (Å²) in [7, 11) is -1.52. The van der Waals surface area contributed by atoms with E-state index in [2.05, 4.69) is 10.0 Å². The van der Waals surface area contributed by atoms with Gasteiger partial charge in [-0.1, -0.05) is 44.9 Å². The van der Waals surface area contributed by atoms with Gasteiger partial charge in [0.05, 0.1) is 34.8 Å². The third kappa shape index (κ3) is 9.66. The molecule has 1 aromatic carbocycles. The topological polar surface area (TPSA) is 195 Å². The van der Waals surface area contributed by atoms with Gasteiger partial charge in [-0.05, 0) is 84.3 Å². The molecule has 2 N–H and O–H groups in total. The molecule has 6 rings (SSSR count). The van der Waals surface area contributed by atoms with Crippen molar-refractivity contribution in [3.8, 4) is 17.5 Å². The summed E-state index contributed by atoms with van der Waals surface area (Å²) in [6, 6.07) is 3.85. The number of benzene rings is 1. The highest BCUT2D eigenvalue weighted by Crippen LogP contribution is 2.57. The number of alkyl carbamates (subject to hydrolysis) is 1. The van der Waals surface area contributed by atoms with Crippen molar-refractivity contribution < 1.29 is 41.5 Å². The number of nitrogens with zero attached hydrogens (tertiary/aromatic N) is 5. The summed E-state index contributed by atoms with van der Waals surface area (Å²) in [5, 5.41) is 2.78. The van der Waals surface area contributed by atoms with E-state index in [9.17, 15) is 27.6 Å². The zero-order valence-corrected chi connectivity index (χ0v) is 36.4. The molecule has 1 saturated heterocycles. The van der Waals surface area contributed by atoms with Gasteiger partial charge in [-0.3, -0.25) is 19.0 Å². The molecule has 1 aliphatic carbocycles. The highest BCUT2D eigenvalue weighted by molar-refractivity contribution is 7.87. The normalized spacial score (nSPS) is 25.1. The summed E-state index contributed by atoms with van der Waals surface area (Å²) in [5.41, 5.74) is 0.760. The lowest BCUT2D eigenvalue weighted by Crippen LogP contribution is -2.53. The number of para-hydroxylation sites is 1. The van der Waals surface area contributed by atoms with Crippen LogP contribution in [0.2, 0.25) is 0 Å². The van der Waals surface area contributed by atoms with Gasteiger partial charge in [0, 0.05) is 33.0 Å². The lowest BCUT2D eigenvalue weighted by atomic mass is 9.91. The molecule has 3 amide bonds. The van der Waals surface area contributed by atoms with Crippen LogP contribution in [0.4, 0.5) is 4.79 Å².